The summed E-state index contributed by atoms with van der Waals surface area (Å²) < 4.78 is 0.843. The second kappa shape index (κ2) is 7.10. The number of aliphatic hydroxyl groups excluding tert-OH is 1. The summed E-state index contributed by atoms with van der Waals surface area (Å²) in [7, 11) is 0. The third-order valence-electron chi connectivity index (χ3n) is 2.45. The molecule has 0 saturated heterocycles. The molecule has 0 fully saturated rings. The van der Waals surface area contributed by atoms with E-state index in [1.165, 1.54) is 0 Å². The quantitative estimate of drug-likeness (QED) is 0.660. The van der Waals surface area contributed by atoms with E-state index < -0.39 is 18.0 Å². The highest BCUT2D eigenvalue weighted by molar-refractivity contribution is 9.10. The summed E-state index contributed by atoms with van der Waals surface area (Å²) in [5, 5.41) is 22.4. The van der Waals surface area contributed by atoms with Gasteiger partial charge in [0.2, 0.25) is 0 Å². The zero-order chi connectivity index (χ0) is 14.4. The standard InChI is InChI=1S/C12H15BrN2O4/c1-7-2-3-8(6-9(7)13)14-12(19)15-10(4-5-16)11(17)18/h2-3,6,10,16H,4-5H2,1H3,(H,17,18)(H2,14,15,19)/t10-/m1/s1. The number of hydrogen-bond acceptors (Lipinski definition) is 3. The number of halogens is 1. The number of aliphatic hydroxyl groups is 1. The van der Waals surface area contributed by atoms with Crippen LogP contribution in [0.5, 0.6) is 0 Å². The lowest BCUT2D eigenvalue weighted by Crippen LogP contribution is -2.43. The number of nitrogens with one attached hydrogen (secondary N) is 2. The normalized spacial score (nSPS) is 11.7. The van der Waals surface area contributed by atoms with E-state index in [1.54, 1.807) is 12.1 Å². The fourth-order valence-electron chi connectivity index (χ4n) is 1.38. The lowest BCUT2D eigenvalue weighted by Gasteiger charge is -2.14. The lowest BCUT2D eigenvalue weighted by atomic mass is 10.2. The van der Waals surface area contributed by atoms with Gasteiger partial charge in [-0.05, 0) is 24.6 Å². The summed E-state index contributed by atoms with van der Waals surface area (Å²) in [6, 6.07) is 3.51. The highest BCUT2D eigenvalue weighted by atomic mass is 79.9. The van der Waals surface area contributed by atoms with E-state index in [0.717, 1.165) is 10.0 Å². The number of aryl methyl sites for hydroxylation is 1. The highest BCUT2D eigenvalue weighted by Crippen LogP contribution is 2.20. The lowest BCUT2D eigenvalue weighted by molar-refractivity contribution is -0.139. The molecule has 19 heavy (non-hydrogen) atoms. The monoisotopic (exact) mass is 330 g/mol. The topological polar surface area (TPSA) is 98.7 Å². The predicted molar refractivity (Wildman–Crippen MR) is 74.2 cm³/mol. The van der Waals surface area contributed by atoms with E-state index in [2.05, 4.69) is 26.6 Å². The molecule has 4 N–H and O–H groups in total. The van der Waals surface area contributed by atoms with Crippen LogP contribution in [0.2, 0.25) is 0 Å². The number of anilines is 1. The van der Waals surface area contributed by atoms with Crippen LogP contribution in [0, 0.1) is 6.92 Å². The molecule has 7 heteroatoms. The van der Waals surface area contributed by atoms with Crippen LogP contribution in [0.15, 0.2) is 22.7 Å². The first-order chi connectivity index (χ1) is 8.93. The van der Waals surface area contributed by atoms with E-state index in [4.69, 9.17) is 10.2 Å². The van der Waals surface area contributed by atoms with Crippen molar-refractivity contribution in [3.63, 3.8) is 0 Å². The van der Waals surface area contributed by atoms with Gasteiger partial charge >= 0.3 is 12.0 Å². The summed E-state index contributed by atoms with van der Waals surface area (Å²) in [6.07, 6.45) is -0.0413. The fraction of sp³-hybridized carbons (Fsp3) is 0.333. The van der Waals surface area contributed by atoms with Crippen molar-refractivity contribution in [1.29, 1.82) is 0 Å². The van der Waals surface area contributed by atoms with E-state index in [9.17, 15) is 9.59 Å². The number of carboxylic acids is 1. The maximum atomic E-state index is 11.6. The Morgan fingerprint density at radius 3 is 2.63 bits per heavy atom. The summed E-state index contributed by atoms with van der Waals surface area (Å²) in [5.74, 6) is -1.19. The summed E-state index contributed by atoms with van der Waals surface area (Å²) >= 11 is 3.34. The molecule has 0 spiro atoms. The maximum Gasteiger partial charge on any atom is 0.326 e. The third kappa shape index (κ3) is 4.88. The number of amides is 2. The molecular weight excluding hydrogens is 316 g/mol. The van der Waals surface area contributed by atoms with Crippen LogP contribution in [0.3, 0.4) is 0 Å². The van der Waals surface area contributed by atoms with Gasteiger partial charge in [-0.15, -0.1) is 0 Å². The Kier molecular flexibility index (Phi) is 5.78. The molecule has 2 amide bonds. The van der Waals surface area contributed by atoms with Crippen molar-refractivity contribution in [2.45, 2.75) is 19.4 Å². The first-order valence-corrected chi connectivity index (χ1v) is 6.40. The zero-order valence-corrected chi connectivity index (χ0v) is 11.9. The van der Waals surface area contributed by atoms with Crippen molar-refractivity contribution in [2.24, 2.45) is 0 Å². The van der Waals surface area contributed by atoms with Gasteiger partial charge in [-0.3, -0.25) is 0 Å². The first-order valence-electron chi connectivity index (χ1n) is 5.61. The second-order valence-electron chi connectivity index (χ2n) is 3.97. The van der Waals surface area contributed by atoms with Gasteiger partial charge in [-0.25, -0.2) is 9.59 Å². The fourth-order valence-corrected chi connectivity index (χ4v) is 1.76. The molecule has 0 aliphatic rings. The molecule has 0 bridgehead atoms. The first kappa shape index (κ1) is 15.5. The number of carboxylic acid groups (broad SMARTS) is 1. The van der Waals surface area contributed by atoms with Crippen molar-refractivity contribution < 1.29 is 19.8 Å². The molecule has 0 saturated carbocycles. The zero-order valence-electron chi connectivity index (χ0n) is 10.3. The Morgan fingerprint density at radius 1 is 1.42 bits per heavy atom. The minimum atomic E-state index is -1.19. The van der Waals surface area contributed by atoms with Crippen LogP contribution in [-0.4, -0.2) is 34.9 Å². The van der Waals surface area contributed by atoms with Gasteiger partial charge < -0.3 is 20.8 Å². The number of benzene rings is 1. The van der Waals surface area contributed by atoms with E-state index in [0.29, 0.717) is 5.69 Å². The van der Waals surface area contributed by atoms with E-state index in [-0.39, 0.29) is 13.0 Å². The maximum absolute atomic E-state index is 11.6. The molecule has 1 rings (SSSR count). The Hall–Kier alpha value is -1.60. The van der Waals surface area contributed by atoms with Crippen LogP contribution < -0.4 is 10.6 Å². The number of rotatable bonds is 5. The molecule has 0 aliphatic heterocycles. The molecule has 1 aromatic rings. The van der Waals surface area contributed by atoms with Gasteiger partial charge in [0, 0.05) is 23.2 Å². The van der Waals surface area contributed by atoms with Crippen molar-refractivity contribution >= 4 is 33.6 Å². The number of carbonyl (C=O) groups is 2. The van der Waals surface area contributed by atoms with E-state index >= 15 is 0 Å². The van der Waals surface area contributed by atoms with Crippen molar-refractivity contribution in [3.05, 3.63) is 28.2 Å². The summed E-state index contributed by atoms with van der Waals surface area (Å²) in [5.41, 5.74) is 1.57. The molecule has 1 aromatic carbocycles. The third-order valence-corrected chi connectivity index (χ3v) is 3.31. The van der Waals surface area contributed by atoms with Gasteiger partial charge in [-0.2, -0.15) is 0 Å². The molecule has 0 aromatic heterocycles. The molecule has 1 atom stereocenters. The number of hydrogen-bond donors (Lipinski definition) is 4. The SMILES string of the molecule is Cc1ccc(NC(=O)N[C@H](CCO)C(=O)O)cc1Br. The van der Waals surface area contributed by atoms with Crippen LogP contribution in [0.4, 0.5) is 10.5 Å². The van der Waals surface area contributed by atoms with Crippen molar-refractivity contribution in [1.82, 2.24) is 5.32 Å². The van der Waals surface area contributed by atoms with Gasteiger partial charge in [0.05, 0.1) is 0 Å². The minimum Gasteiger partial charge on any atom is -0.480 e. The predicted octanol–water partition coefficient (Wildman–Crippen LogP) is 1.71. The number of urea groups is 1. The van der Waals surface area contributed by atoms with Crippen molar-refractivity contribution in [2.75, 3.05) is 11.9 Å². The molecule has 0 radical (unpaired) electrons. The second-order valence-corrected chi connectivity index (χ2v) is 4.82. The van der Waals surface area contributed by atoms with E-state index in [1.807, 2.05) is 13.0 Å². The highest BCUT2D eigenvalue weighted by Gasteiger charge is 2.19. The number of aliphatic carboxylic acids is 1. The Labute approximate surface area is 118 Å². The van der Waals surface area contributed by atoms with Crippen LogP contribution in [0.25, 0.3) is 0 Å². The minimum absolute atomic E-state index is 0.0413. The van der Waals surface area contributed by atoms with Crippen molar-refractivity contribution in [3.8, 4) is 0 Å². The average Bonchev–Trinajstić information content (AvgIpc) is 2.33. The van der Waals surface area contributed by atoms with Gasteiger partial charge in [0.25, 0.3) is 0 Å². The van der Waals surface area contributed by atoms with Gasteiger partial charge in [0.1, 0.15) is 6.04 Å². The average molecular weight is 331 g/mol. The summed E-state index contributed by atoms with van der Waals surface area (Å²) in [4.78, 5) is 22.4. The van der Waals surface area contributed by atoms with Gasteiger partial charge in [0.15, 0.2) is 0 Å². The van der Waals surface area contributed by atoms with Gasteiger partial charge in [-0.1, -0.05) is 22.0 Å². The smallest absolute Gasteiger partial charge is 0.326 e. The number of carbonyl (C=O) groups excluding carboxylic acids is 1. The largest absolute Gasteiger partial charge is 0.480 e. The Balaban J connectivity index is 2.63. The Bertz CT molecular complexity index is 479. The summed E-state index contributed by atoms with van der Waals surface area (Å²) in [6.45, 7) is 1.60. The molecule has 0 heterocycles. The van der Waals surface area contributed by atoms with Crippen LogP contribution in [-0.2, 0) is 4.79 Å². The molecular formula is C12H15BrN2O4. The molecule has 6 nitrogen and oxygen atoms in total. The van der Waals surface area contributed by atoms with Crippen LogP contribution >= 0.6 is 15.9 Å². The Morgan fingerprint density at radius 2 is 2.11 bits per heavy atom. The molecule has 0 aliphatic carbocycles. The molecule has 104 valence electrons. The molecule has 0 unspecified atom stereocenters. The van der Waals surface area contributed by atoms with Crippen LogP contribution in [0.1, 0.15) is 12.0 Å².